The minimum atomic E-state index is -2.97. The van der Waals surface area contributed by atoms with Gasteiger partial charge in [0, 0.05) is 18.8 Å². The standard InChI is InChI=1S/C19H27NO2S/c1-23(21,22)14-16-5-2-4-15(12-16)13-20-19-10-8-18(9-11-19)17-6-3-7-17/h2,4-5,12,19-20H,3,6-11,13-14H2,1H3. The van der Waals surface area contributed by atoms with Gasteiger partial charge in [-0.2, -0.15) is 0 Å². The van der Waals surface area contributed by atoms with Crippen molar-refractivity contribution in [2.24, 2.45) is 0 Å². The molecule has 3 nitrogen and oxygen atoms in total. The van der Waals surface area contributed by atoms with Crippen LogP contribution in [0.1, 0.15) is 56.1 Å². The predicted molar refractivity (Wildman–Crippen MR) is 95.0 cm³/mol. The van der Waals surface area contributed by atoms with E-state index in [1.165, 1.54) is 56.8 Å². The Kier molecular flexibility index (Phi) is 5.22. The first-order chi connectivity index (χ1) is 11.0. The fourth-order valence-electron chi connectivity index (χ4n) is 3.63. The highest BCUT2D eigenvalue weighted by atomic mass is 32.2. The van der Waals surface area contributed by atoms with Gasteiger partial charge in [-0.3, -0.25) is 0 Å². The summed E-state index contributed by atoms with van der Waals surface area (Å²) < 4.78 is 22.8. The summed E-state index contributed by atoms with van der Waals surface area (Å²) in [7, 11) is -2.97. The molecule has 0 amide bonds. The van der Waals surface area contributed by atoms with Crippen LogP contribution in [0.25, 0.3) is 0 Å². The normalized spacial score (nSPS) is 22.0. The molecule has 126 valence electrons. The first-order valence-electron chi connectivity index (χ1n) is 8.68. The Hall–Kier alpha value is -1.13. The molecular formula is C19H27NO2S. The van der Waals surface area contributed by atoms with Gasteiger partial charge in [0.15, 0.2) is 9.84 Å². The van der Waals surface area contributed by atoms with E-state index in [9.17, 15) is 8.42 Å². The molecule has 2 fully saturated rings. The number of hydrogen-bond acceptors (Lipinski definition) is 3. The lowest BCUT2D eigenvalue weighted by Gasteiger charge is -2.30. The minimum absolute atomic E-state index is 0.126. The quantitative estimate of drug-likeness (QED) is 0.835. The van der Waals surface area contributed by atoms with Gasteiger partial charge in [0.25, 0.3) is 0 Å². The van der Waals surface area contributed by atoms with Crippen molar-refractivity contribution >= 4 is 9.84 Å². The third-order valence-corrected chi connectivity index (χ3v) is 5.92. The van der Waals surface area contributed by atoms with Gasteiger partial charge in [-0.15, -0.1) is 0 Å². The largest absolute Gasteiger partial charge is 0.310 e. The molecule has 1 aromatic rings. The molecule has 1 N–H and O–H groups in total. The molecule has 23 heavy (non-hydrogen) atoms. The summed E-state index contributed by atoms with van der Waals surface area (Å²) in [4.78, 5) is 0. The fourth-order valence-corrected chi connectivity index (χ4v) is 4.41. The number of hydrogen-bond donors (Lipinski definition) is 1. The van der Waals surface area contributed by atoms with Crippen LogP contribution in [0.4, 0.5) is 0 Å². The highest BCUT2D eigenvalue weighted by Gasteiger charge is 2.21. The van der Waals surface area contributed by atoms with Gasteiger partial charge in [0.05, 0.1) is 5.75 Å². The van der Waals surface area contributed by atoms with Crippen molar-refractivity contribution in [2.45, 2.75) is 63.3 Å². The number of benzene rings is 1. The molecule has 0 spiro atoms. The van der Waals surface area contributed by atoms with Gasteiger partial charge in [0.1, 0.15) is 0 Å². The average Bonchev–Trinajstić information content (AvgIpc) is 2.43. The summed E-state index contributed by atoms with van der Waals surface area (Å²) >= 11 is 0. The topological polar surface area (TPSA) is 46.2 Å². The second kappa shape index (κ2) is 7.18. The first kappa shape index (κ1) is 16.7. The zero-order valence-electron chi connectivity index (χ0n) is 14.0. The predicted octanol–water partition coefficient (Wildman–Crippen LogP) is 3.74. The molecule has 0 aliphatic heterocycles. The Balaban J connectivity index is 1.50. The van der Waals surface area contributed by atoms with E-state index in [0.717, 1.165) is 12.1 Å². The van der Waals surface area contributed by atoms with Gasteiger partial charge >= 0.3 is 0 Å². The van der Waals surface area contributed by atoms with Crippen LogP contribution in [-0.4, -0.2) is 20.7 Å². The van der Waals surface area contributed by atoms with Crippen LogP contribution >= 0.6 is 0 Å². The third kappa shape index (κ3) is 4.92. The number of allylic oxidation sites excluding steroid dienone is 2. The Bertz CT molecular complexity index is 675. The van der Waals surface area contributed by atoms with E-state index < -0.39 is 9.84 Å². The molecule has 2 aliphatic carbocycles. The van der Waals surface area contributed by atoms with Crippen molar-refractivity contribution in [1.29, 1.82) is 0 Å². The average molecular weight is 333 g/mol. The molecule has 0 atom stereocenters. The SMILES string of the molecule is CS(=O)(=O)Cc1cccc(CNC2CCC(=C3CCC3)CC2)c1. The highest BCUT2D eigenvalue weighted by molar-refractivity contribution is 7.89. The van der Waals surface area contributed by atoms with Crippen molar-refractivity contribution in [3.05, 3.63) is 46.5 Å². The molecular weight excluding hydrogens is 306 g/mol. The zero-order chi connectivity index (χ0) is 16.3. The van der Waals surface area contributed by atoms with Crippen molar-refractivity contribution in [3.8, 4) is 0 Å². The second-order valence-electron chi connectivity index (χ2n) is 7.11. The molecule has 4 heteroatoms. The Labute approximate surface area is 140 Å². The van der Waals surface area contributed by atoms with E-state index in [-0.39, 0.29) is 5.75 Å². The van der Waals surface area contributed by atoms with Crippen LogP contribution in [-0.2, 0) is 22.1 Å². The molecule has 0 bridgehead atoms. The van der Waals surface area contributed by atoms with Crippen molar-refractivity contribution in [3.63, 3.8) is 0 Å². The van der Waals surface area contributed by atoms with Gasteiger partial charge in [-0.25, -0.2) is 8.42 Å². The molecule has 0 saturated heterocycles. The molecule has 0 unspecified atom stereocenters. The lowest BCUT2D eigenvalue weighted by molar-refractivity contribution is 0.410. The molecule has 2 aliphatic rings. The lowest BCUT2D eigenvalue weighted by atomic mass is 9.80. The van der Waals surface area contributed by atoms with Gasteiger partial charge < -0.3 is 5.32 Å². The van der Waals surface area contributed by atoms with Crippen molar-refractivity contribution < 1.29 is 8.42 Å². The number of nitrogens with one attached hydrogen (secondary N) is 1. The summed E-state index contributed by atoms with van der Waals surface area (Å²) in [5.74, 6) is 0.126. The van der Waals surface area contributed by atoms with Crippen LogP contribution < -0.4 is 5.32 Å². The van der Waals surface area contributed by atoms with Crippen molar-refractivity contribution in [2.75, 3.05) is 6.26 Å². The molecule has 1 aromatic carbocycles. The van der Waals surface area contributed by atoms with Gasteiger partial charge in [0.2, 0.25) is 0 Å². The number of rotatable bonds is 5. The first-order valence-corrected chi connectivity index (χ1v) is 10.7. The van der Waals surface area contributed by atoms with Crippen LogP contribution in [0, 0.1) is 0 Å². The van der Waals surface area contributed by atoms with Crippen LogP contribution in [0.3, 0.4) is 0 Å². The summed E-state index contributed by atoms with van der Waals surface area (Å²) in [6.07, 6.45) is 10.4. The van der Waals surface area contributed by atoms with Crippen LogP contribution in [0.15, 0.2) is 35.4 Å². The molecule has 2 saturated carbocycles. The zero-order valence-corrected chi connectivity index (χ0v) is 14.8. The third-order valence-electron chi connectivity index (χ3n) is 5.06. The van der Waals surface area contributed by atoms with E-state index in [2.05, 4.69) is 11.4 Å². The molecule has 0 aromatic heterocycles. The monoisotopic (exact) mass is 333 g/mol. The Morgan fingerprint density at radius 3 is 2.30 bits per heavy atom. The minimum Gasteiger partial charge on any atom is -0.310 e. The van der Waals surface area contributed by atoms with E-state index in [1.807, 2.05) is 18.2 Å². The van der Waals surface area contributed by atoms with Crippen LogP contribution in [0.2, 0.25) is 0 Å². The maximum Gasteiger partial charge on any atom is 0.151 e. The number of sulfone groups is 1. The summed E-state index contributed by atoms with van der Waals surface area (Å²) in [5.41, 5.74) is 5.54. The maximum absolute atomic E-state index is 11.4. The van der Waals surface area contributed by atoms with E-state index in [4.69, 9.17) is 0 Å². The maximum atomic E-state index is 11.4. The van der Waals surface area contributed by atoms with E-state index >= 15 is 0 Å². The van der Waals surface area contributed by atoms with E-state index in [0.29, 0.717) is 6.04 Å². The van der Waals surface area contributed by atoms with Gasteiger partial charge in [-0.1, -0.05) is 35.4 Å². The summed E-state index contributed by atoms with van der Waals surface area (Å²) in [6, 6.07) is 8.53. The fraction of sp³-hybridized carbons (Fsp3) is 0.579. The van der Waals surface area contributed by atoms with E-state index in [1.54, 1.807) is 11.1 Å². The molecule has 0 radical (unpaired) electrons. The lowest BCUT2D eigenvalue weighted by Crippen LogP contribution is -2.31. The second-order valence-corrected chi connectivity index (χ2v) is 9.25. The summed E-state index contributed by atoms with van der Waals surface area (Å²) in [5, 5.41) is 3.65. The Morgan fingerprint density at radius 1 is 1.04 bits per heavy atom. The molecule has 0 heterocycles. The van der Waals surface area contributed by atoms with Gasteiger partial charge in [-0.05, 0) is 56.1 Å². The summed E-state index contributed by atoms with van der Waals surface area (Å²) in [6.45, 7) is 0.828. The van der Waals surface area contributed by atoms with Crippen molar-refractivity contribution in [1.82, 2.24) is 5.32 Å². The Morgan fingerprint density at radius 2 is 1.70 bits per heavy atom. The smallest absolute Gasteiger partial charge is 0.151 e. The molecule has 3 rings (SSSR count). The highest BCUT2D eigenvalue weighted by Crippen LogP contribution is 2.35. The van der Waals surface area contributed by atoms with Crippen LogP contribution in [0.5, 0.6) is 0 Å².